The Morgan fingerprint density at radius 3 is 2.24 bits per heavy atom. The van der Waals surface area contributed by atoms with Crippen LogP contribution < -0.4 is 10.6 Å². The first kappa shape index (κ1) is 22.4. The SMILES string of the molecule is O=C(NCC1(C(=O)N[C@H]2CCC[C@@H](C(=O)O)C2)CC1)OCC1c2ccccc2-c2ccccc21. The van der Waals surface area contributed by atoms with Gasteiger partial charge in [-0.3, -0.25) is 9.59 Å². The molecule has 2 aromatic carbocycles. The summed E-state index contributed by atoms with van der Waals surface area (Å²) in [5, 5.41) is 15.1. The molecule has 2 fully saturated rings. The lowest BCUT2D eigenvalue weighted by molar-refractivity contribution is -0.143. The van der Waals surface area contributed by atoms with Crippen LogP contribution in [-0.4, -0.2) is 42.3 Å². The molecule has 0 radical (unpaired) electrons. The smallest absolute Gasteiger partial charge is 0.407 e. The van der Waals surface area contributed by atoms with E-state index in [0.717, 1.165) is 24.0 Å². The molecule has 0 heterocycles. The number of hydrogen-bond donors (Lipinski definition) is 3. The number of rotatable bonds is 7. The third kappa shape index (κ3) is 4.39. The lowest BCUT2D eigenvalue weighted by atomic mass is 9.85. The van der Waals surface area contributed by atoms with Crippen molar-refractivity contribution in [3.63, 3.8) is 0 Å². The van der Waals surface area contributed by atoms with E-state index in [-0.39, 0.29) is 31.0 Å². The van der Waals surface area contributed by atoms with Crippen LogP contribution in [0.25, 0.3) is 11.1 Å². The fraction of sp³-hybridized carbons (Fsp3) is 0.444. The van der Waals surface area contributed by atoms with E-state index in [2.05, 4.69) is 34.9 Å². The van der Waals surface area contributed by atoms with Gasteiger partial charge in [-0.05, 0) is 54.4 Å². The lowest BCUT2D eigenvalue weighted by Crippen LogP contribution is -2.46. The number of carbonyl (C=O) groups is 3. The molecule has 0 unspecified atom stereocenters. The Morgan fingerprint density at radius 2 is 1.62 bits per heavy atom. The molecule has 3 aliphatic rings. The van der Waals surface area contributed by atoms with E-state index in [1.807, 2.05) is 24.3 Å². The molecule has 0 bridgehead atoms. The highest BCUT2D eigenvalue weighted by Gasteiger charge is 2.50. The fourth-order valence-electron chi connectivity index (χ4n) is 5.41. The van der Waals surface area contributed by atoms with Gasteiger partial charge in [0.15, 0.2) is 0 Å². The average Bonchev–Trinajstić information content (AvgIpc) is 3.58. The van der Waals surface area contributed by atoms with Gasteiger partial charge in [-0.25, -0.2) is 4.79 Å². The van der Waals surface area contributed by atoms with E-state index in [1.165, 1.54) is 11.1 Å². The second-order valence-electron chi connectivity index (χ2n) is 9.83. The molecule has 2 atom stereocenters. The average molecular weight is 463 g/mol. The molecule has 7 nitrogen and oxygen atoms in total. The zero-order valence-corrected chi connectivity index (χ0v) is 19.1. The summed E-state index contributed by atoms with van der Waals surface area (Å²) in [4.78, 5) is 36.7. The molecule has 2 saturated carbocycles. The van der Waals surface area contributed by atoms with Gasteiger partial charge in [0, 0.05) is 18.5 Å². The van der Waals surface area contributed by atoms with Gasteiger partial charge in [-0.2, -0.15) is 0 Å². The summed E-state index contributed by atoms with van der Waals surface area (Å²) in [6, 6.07) is 16.2. The van der Waals surface area contributed by atoms with E-state index < -0.39 is 23.4 Å². The molecule has 2 amide bonds. The van der Waals surface area contributed by atoms with Crippen molar-refractivity contribution in [1.82, 2.24) is 10.6 Å². The van der Waals surface area contributed by atoms with Crippen LogP contribution in [0.15, 0.2) is 48.5 Å². The lowest BCUT2D eigenvalue weighted by Gasteiger charge is -2.29. The standard InChI is InChI=1S/C27H30N2O5/c30-24(31)17-6-5-7-18(14-17)29-25(32)27(12-13-27)16-28-26(33)34-15-23-21-10-3-1-8-19(21)20-9-2-4-11-22(20)23/h1-4,8-11,17-18,23H,5-7,12-16H2,(H,28,33)(H,29,32)(H,30,31)/t17-,18+/m1/s1. The number of carbonyl (C=O) groups excluding carboxylic acids is 2. The van der Waals surface area contributed by atoms with Gasteiger partial charge in [-0.1, -0.05) is 55.0 Å². The first-order chi connectivity index (χ1) is 16.5. The Bertz CT molecular complexity index is 1060. The molecule has 178 valence electrons. The van der Waals surface area contributed by atoms with E-state index >= 15 is 0 Å². The van der Waals surface area contributed by atoms with Gasteiger partial charge in [0.1, 0.15) is 6.61 Å². The summed E-state index contributed by atoms with van der Waals surface area (Å²) in [6.45, 7) is 0.461. The molecule has 34 heavy (non-hydrogen) atoms. The number of amides is 2. The molecule has 3 aliphatic carbocycles. The number of alkyl carbamates (subject to hydrolysis) is 1. The minimum Gasteiger partial charge on any atom is -0.481 e. The third-order valence-corrected chi connectivity index (χ3v) is 7.61. The molecular formula is C27H30N2O5. The second-order valence-corrected chi connectivity index (χ2v) is 9.83. The molecule has 3 N–H and O–H groups in total. The van der Waals surface area contributed by atoms with Crippen molar-refractivity contribution in [1.29, 1.82) is 0 Å². The van der Waals surface area contributed by atoms with Crippen LogP contribution in [0.2, 0.25) is 0 Å². The quantitative estimate of drug-likeness (QED) is 0.576. The topological polar surface area (TPSA) is 105 Å². The minimum absolute atomic E-state index is 0.00943. The second kappa shape index (κ2) is 9.12. The van der Waals surface area contributed by atoms with Gasteiger partial charge >= 0.3 is 12.1 Å². The number of nitrogens with one attached hydrogen (secondary N) is 2. The van der Waals surface area contributed by atoms with Gasteiger partial charge in [-0.15, -0.1) is 0 Å². The normalized spacial score (nSPS) is 22.2. The zero-order valence-electron chi connectivity index (χ0n) is 19.1. The monoisotopic (exact) mass is 462 g/mol. The van der Waals surface area contributed by atoms with Crippen LogP contribution in [0.4, 0.5) is 4.79 Å². The summed E-state index contributed by atoms with van der Waals surface area (Å²) < 4.78 is 5.59. The van der Waals surface area contributed by atoms with Crippen LogP contribution in [0.3, 0.4) is 0 Å². The van der Waals surface area contributed by atoms with Gasteiger partial charge < -0.3 is 20.5 Å². The van der Waals surface area contributed by atoms with Crippen molar-refractivity contribution < 1.29 is 24.2 Å². The highest BCUT2D eigenvalue weighted by Crippen LogP contribution is 2.46. The third-order valence-electron chi connectivity index (χ3n) is 7.61. The van der Waals surface area contributed by atoms with Crippen LogP contribution in [0.5, 0.6) is 0 Å². The van der Waals surface area contributed by atoms with E-state index in [0.29, 0.717) is 25.7 Å². The number of ether oxygens (including phenoxy) is 1. The van der Waals surface area contributed by atoms with Crippen molar-refractivity contribution in [2.75, 3.05) is 13.2 Å². The van der Waals surface area contributed by atoms with Crippen LogP contribution in [0, 0.1) is 11.3 Å². The molecule has 7 heteroatoms. The molecule has 0 aromatic heterocycles. The minimum atomic E-state index is -0.794. The van der Waals surface area contributed by atoms with Crippen molar-refractivity contribution >= 4 is 18.0 Å². The van der Waals surface area contributed by atoms with Crippen LogP contribution in [-0.2, 0) is 14.3 Å². The van der Waals surface area contributed by atoms with Crippen molar-refractivity contribution in [2.24, 2.45) is 11.3 Å². The van der Waals surface area contributed by atoms with Crippen molar-refractivity contribution in [2.45, 2.75) is 50.5 Å². The van der Waals surface area contributed by atoms with Gasteiger partial charge in [0.2, 0.25) is 5.91 Å². The molecule has 5 rings (SSSR count). The predicted octanol–water partition coefficient (Wildman–Crippen LogP) is 4.06. The van der Waals surface area contributed by atoms with Crippen LogP contribution in [0.1, 0.15) is 55.6 Å². The maximum Gasteiger partial charge on any atom is 0.407 e. The summed E-state index contributed by atoms with van der Waals surface area (Å²) >= 11 is 0. The van der Waals surface area contributed by atoms with E-state index in [4.69, 9.17) is 4.74 Å². The number of carboxylic acid groups (broad SMARTS) is 1. The fourth-order valence-corrected chi connectivity index (χ4v) is 5.41. The Kier molecular flexibility index (Phi) is 6.02. The van der Waals surface area contributed by atoms with Crippen LogP contribution >= 0.6 is 0 Å². The maximum atomic E-state index is 12.9. The van der Waals surface area contributed by atoms with Crippen molar-refractivity contribution in [3.05, 3.63) is 59.7 Å². The zero-order chi connectivity index (χ0) is 23.7. The highest BCUT2D eigenvalue weighted by atomic mass is 16.5. The summed E-state index contributed by atoms with van der Waals surface area (Å²) in [5.41, 5.74) is 4.05. The summed E-state index contributed by atoms with van der Waals surface area (Å²) in [7, 11) is 0. The summed E-state index contributed by atoms with van der Waals surface area (Å²) in [5.74, 6) is -1.29. The summed E-state index contributed by atoms with van der Waals surface area (Å²) in [6.07, 6.45) is 3.62. The molecule has 0 saturated heterocycles. The molecular weight excluding hydrogens is 432 g/mol. The first-order valence-electron chi connectivity index (χ1n) is 12.1. The maximum absolute atomic E-state index is 12.9. The van der Waals surface area contributed by atoms with Gasteiger partial charge in [0.05, 0.1) is 11.3 Å². The van der Waals surface area contributed by atoms with E-state index in [9.17, 15) is 19.5 Å². The van der Waals surface area contributed by atoms with Gasteiger partial charge in [0.25, 0.3) is 0 Å². The molecule has 0 aliphatic heterocycles. The number of hydrogen-bond acceptors (Lipinski definition) is 4. The molecule has 2 aromatic rings. The van der Waals surface area contributed by atoms with E-state index in [1.54, 1.807) is 0 Å². The molecule has 0 spiro atoms. The predicted molar refractivity (Wildman–Crippen MR) is 126 cm³/mol. The Labute approximate surface area is 198 Å². The highest BCUT2D eigenvalue weighted by molar-refractivity contribution is 5.86. The Morgan fingerprint density at radius 1 is 0.971 bits per heavy atom. The Balaban J connectivity index is 1.14. The number of fused-ring (bicyclic) bond motifs is 3. The Hall–Kier alpha value is -3.35. The first-order valence-corrected chi connectivity index (χ1v) is 12.1. The van der Waals surface area contributed by atoms with Crippen molar-refractivity contribution in [3.8, 4) is 11.1 Å². The largest absolute Gasteiger partial charge is 0.481 e. The number of aliphatic carboxylic acids is 1. The number of carboxylic acids is 1. The number of benzene rings is 2.